The van der Waals surface area contributed by atoms with Crippen LogP contribution in [0, 0.1) is 19.7 Å². The van der Waals surface area contributed by atoms with E-state index in [9.17, 15) is 14.0 Å². The first kappa shape index (κ1) is 18.9. The Bertz CT molecular complexity index is 826. The van der Waals surface area contributed by atoms with Gasteiger partial charge in [0.1, 0.15) is 0 Å². The fourth-order valence-corrected chi connectivity index (χ4v) is 3.24. The number of amides is 2. The number of aromatic nitrogens is 1. The standard InChI is InChI=1S/C20H24FN3O3/c1-14-11-16(15(2)22-14)12-19(25)23-7-9-24(10-8-23)20(26)13-27-18-6-4-3-5-17(18)21/h3-6,11,22H,7-10,12-13H2,1-2H3. The summed E-state index contributed by atoms with van der Waals surface area (Å²) in [6, 6.07) is 7.99. The Morgan fingerprint density at radius 1 is 1.07 bits per heavy atom. The minimum absolute atomic E-state index is 0.0619. The number of ether oxygens (including phenoxy) is 1. The Kier molecular flexibility index (Phi) is 5.78. The van der Waals surface area contributed by atoms with Crippen LogP contribution in [0.5, 0.6) is 5.75 Å². The van der Waals surface area contributed by atoms with Crippen molar-refractivity contribution in [3.8, 4) is 5.75 Å². The first-order valence-corrected chi connectivity index (χ1v) is 9.02. The Labute approximate surface area is 157 Å². The van der Waals surface area contributed by atoms with Crippen molar-refractivity contribution in [1.82, 2.24) is 14.8 Å². The number of carbonyl (C=O) groups excluding carboxylic acids is 2. The van der Waals surface area contributed by atoms with Crippen molar-refractivity contribution in [3.63, 3.8) is 0 Å². The number of carbonyl (C=O) groups is 2. The second kappa shape index (κ2) is 8.24. The van der Waals surface area contributed by atoms with Gasteiger partial charge in [0.15, 0.2) is 18.2 Å². The van der Waals surface area contributed by atoms with E-state index in [1.54, 1.807) is 21.9 Å². The average Bonchev–Trinajstić information content (AvgIpc) is 2.97. The Hall–Kier alpha value is -2.83. The predicted molar refractivity (Wildman–Crippen MR) is 99.0 cm³/mol. The Morgan fingerprint density at radius 2 is 1.70 bits per heavy atom. The zero-order valence-electron chi connectivity index (χ0n) is 15.6. The van der Waals surface area contributed by atoms with Crippen LogP contribution in [0.15, 0.2) is 30.3 Å². The molecule has 1 fully saturated rings. The van der Waals surface area contributed by atoms with Crippen molar-refractivity contribution in [1.29, 1.82) is 0 Å². The number of halogens is 1. The van der Waals surface area contributed by atoms with Gasteiger partial charge in [0.2, 0.25) is 5.91 Å². The first-order valence-electron chi connectivity index (χ1n) is 9.02. The summed E-state index contributed by atoms with van der Waals surface area (Å²) in [5, 5.41) is 0. The molecule has 1 aliphatic rings. The summed E-state index contributed by atoms with van der Waals surface area (Å²) >= 11 is 0. The van der Waals surface area contributed by atoms with Crippen molar-refractivity contribution in [2.24, 2.45) is 0 Å². The molecule has 0 aliphatic carbocycles. The maximum absolute atomic E-state index is 13.5. The average molecular weight is 373 g/mol. The highest BCUT2D eigenvalue weighted by atomic mass is 19.1. The number of H-pyrrole nitrogens is 1. The molecule has 144 valence electrons. The fourth-order valence-electron chi connectivity index (χ4n) is 3.24. The lowest BCUT2D eigenvalue weighted by Crippen LogP contribution is -2.52. The van der Waals surface area contributed by atoms with Crippen molar-refractivity contribution >= 4 is 11.8 Å². The van der Waals surface area contributed by atoms with Crippen LogP contribution in [-0.2, 0) is 16.0 Å². The van der Waals surface area contributed by atoms with Gasteiger partial charge in [-0.1, -0.05) is 12.1 Å². The van der Waals surface area contributed by atoms with Crippen LogP contribution in [0.1, 0.15) is 17.0 Å². The van der Waals surface area contributed by atoms with Crippen LogP contribution in [0.25, 0.3) is 0 Å². The first-order chi connectivity index (χ1) is 12.9. The summed E-state index contributed by atoms with van der Waals surface area (Å²) in [7, 11) is 0. The normalized spacial score (nSPS) is 14.3. The summed E-state index contributed by atoms with van der Waals surface area (Å²) in [5.74, 6) is -0.568. The molecule has 3 rings (SSSR count). The van der Waals surface area contributed by atoms with Crippen LogP contribution < -0.4 is 4.74 Å². The molecule has 0 radical (unpaired) electrons. The molecule has 0 bridgehead atoms. The van der Waals surface area contributed by atoms with Gasteiger partial charge in [0.05, 0.1) is 6.42 Å². The van der Waals surface area contributed by atoms with Gasteiger partial charge in [-0.25, -0.2) is 4.39 Å². The number of piperazine rings is 1. The third-order valence-electron chi connectivity index (χ3n) is 4.77. The molecule has 0 saturated carbocycles. The SMILES string of the molecule is Cc1cc(CC(=O)N2CCN(C(=O)COc3ccccc3F)CC2)c(C)[nH]1. The number of hydrogen-bond acceptors (Lipinski definition) is 3. The molecular weight excluding hydrogens is 349 g/mol. The maximum atomic E-state index is 13.5. The number of nitrogens with zero attached hydrogens (tertiary/aromatic N) is 2. The summed E-state index contributed by atoms with van der Waals surface area (Å²) in [6.07, 6.45) is 0.362. The molecule has 0 unspecified atom stereocenters. The Balaban J connectivity index is 1.46. The van der Waals surface area contributed by atoms with Gasteiger partial charge >= 0.3 is 0 Å². The largest absolute Gasteiger partial charge is 0.481 e. The van der Waals surface area contributed by atoms with E-state index >= 15 is 0 Å². The van der Waals surface area contributed by atoms with Crippen LogP contribution in [0.4, 0.5) is 4.39 Å². The number of aryl methyl sites for hydroxylation is 2. The van der Waals surface area contributed by atoms with Crippen LogP contribution in [0.3, 0.4) is 0 Å². The van der Waals surface area contributed by atoms with Gasteiger partial charge in [-0.05, 0) is 37.6 Å². The lowest BCUT2D eigenvalue weighted by atomic mass is 10.1. The third-order valence-corrected chi connectivity index (χ3v) is 4.77. The van der Waals surface area contributed by atoms with Gasteiger partial charge in [0, 0.05) is 37.6 Å². The molecule has 2 heterocycles. The van der Waals surface area contributed by atoms with Crippen molar-refractivity contribution < 1.29 is 18.7 Å². The van der Waals surface area contributed by atoms with Gasteiger partial charge in [-0.3, -0.25) is 9.59 Å². The maximum Gasteiger partial charge on any atom is 0.260 e. The highest BCUT2D eigenvalue weighted by Crippen LogP contribution is 2.16. The molecule has 1 aromatic carbocycles. The summed E-state index contributed by atoms with van der Waals surface area (Å²) in [5.41, 5.74) is 3.06. The molecule has 2 amide bonds. The molecule has 0 spiro atoms. The highest BCUT2D eigenvalue weighted by Gasteiger charge is 2.25. The van der Waals surface area contributed by atoms with E-state index in [0.29, 0.717) is 32.6 Å². The fraction of sp³-hybridized carbons (Fsp3) is 0.400. The van der Waals surface area contributed by atoms with E-state index < -0.39 is 5.82 Å². The molecule has 0 atom stereocenters. The highest BCUT2D eigenvalue weighted by molar-refractivity contribution is 5.80. The number of nitrogens with one attached hydrogen (secondary N) is 1. The van der Waals surface area contributed by atoms with E-state index in [-0.39, 0.29) is 24.2 Å². The number of rotatable bonds is 5. The molecule has 1 saturated heterocycles. The van der Waals surface area contributed by atoms with Crippen LogP contribution >= 0.6 is 0 Å². The number of benzene rings is 1. The minimum Gasteiger partial charge on any atom is -0.481 e. The van der Waals surface area contributed by atoms with E-state index in [1.807, 2.05) is 19.9 Å². The van der Waals surface area contributed by atoms with E-state index in [4.69, 9.17) is 4.74 Å². The second-order valence-corrected chi connectivity index (χ2v) is 6.76. The topological polar surface area (TPSA) is 65.6 Å². The van der Waals surface area contributed by atoms with E-state index in [1.165, 1.54) is 12.1 Å². The molecule has 1 N–H and O–H groups in total. The summed E-state index contributed by atoms with van der Waals surface area (Å²) in [6.45, 7) is 5.61. The zero-order chi connectivity index (χ0) is 19.4. The molecule has 7 heteroatoms. The molecule has 6 nitrogen and oxygen atoms in total. The van der Waals surface area contributed by atoms with E-state index in [0.717, 1.165) is 17.0 Å². The minimum atomic E-state index is -0.490. The third kappa shape index (κ3) is 4.67. The van der Waals surface area contributed by atoms with Gasteiger partial charge in [0.25, 0.3) is 5.91 Å². The number of para-hydroxylation sites is 1. The molecule has 1 aromatic heterocycles. The van der Waals surface area contributed by atoms with Crippen LogP contribution in [0.2, 0.25) is 0 Å². The predicted octanol–water partition coefficient (Wildman–Crippen LogP) is 2.06. The smallest absolute Gasteiger partial charge is 0.260 e. The van der Waals surface area contributed by atoms with E-state index in [2.05, 4.69) is 4.98 Å². The van der Waals surface area contributed by atoms with Gasteiger partial charge in [-0.2, -0.15) is 0 Å². The molecule has 27 heavy (non-hydrogen) atoms. The molecular formula is C20H24FN3O3. The van der Waals surface area contributed by atoms with Gasteiger partial charge in [-0.15, -0.1) is 0 Å². The quantitative estimate of drug-likeness (QED) is 0.873. The summed E-state index contributed by atoms with van der Waals surface area (Å²) < 4.78 is 18.8. The Morgan fingerprint density at radius 3 is 2.30 bits per heavy atom. The lowest BCUT2D eigenvalue weighted by Gasteiger charge is -2.34. The van der Waals surface area contributed by atoms with Crippen LogP contribution in [-0.4, -0.2) is 59.4 Å². The number of hydrogen-bond donors (Lipinski definition) is 1. The van der Waals surface area contributed by atoms with Gasteiger partial charge < -0.3 is 19.5 Å². The second-order valence-electron chi connectivity index (χ2n) is 6.76. The zero-order valence-corrected chi connectivity index (χ0v) is 15.6. The van der Waals surface area contributed by atoms with Crippen molar-refractivity contribution in [3.05, 3.63) is 53.1 Å². The summed E-state index contributed by atoms with van der Waals surface area (Å²) in [4.78, 5) is 31.4. The molecule has 2 aromatic rings. The van der Waals surface area contributed by atoms with Crippen molar-refractivity contribution in [2.45, 2.75) is 20.3 Å². The number of aromatic amines is 1. The van der Waals surface area contributed by atoms with Crippen molar-refractivity contribution in [2.75, 3.05) is 32.8 Å². The molecule has 1 aliphatic heterocycles. The monoisotopic (exact) mass is 373 g/mol. The lowest BCUT2D eigenvalue weighted by molar-refractivity contribution is -0.140.